The van der Waals surface area contributed by atoms with E-state index in [0.29, 0.717) is 0 Å². The van der Waals surface area contributed by atoms with Crippen molar-refractivity contribution in [1.29, 1.82) is 5.26 Å². The third-order valence-electron chi connectivity index (χ3n) is 2.05. The number of benzene rings is 1. The van der Waals surface area contributed by atoms with Crippen molar-refractivity contribution in [3.63, 3.8) is 0 Å². The third-order valence-corrected chi connectivity index (χ3v) is 3.74. The fraction of sp³-hybridized carbons (Fsp3) is 0.300. The lowest BCUT2D eigenvalue weighted by atomic mass is 10.3. The normalized spacial score (nSPS) is 12.8. The van der Waals surface area contributed by atoms with E-state index in [1.807, 2.05) is 0 Å². The van der Waals surface area contributed by atoms with Crippen molar-refractivity contribution >= 4 is 15.7 Å². The molecule has 16 heavy (non-hydrogen) atoms. The average molecular weight is 240 g/mol. The van der Waals surface area contributed by atoms with Gasteiger partial charge in [0.05, 0.1) is 11.8 Å². The highest BCUT2D eigenvalue weighted by atomic mass is 32.2. The minimum absolute atomic E-state index is 0.0798. The van der Waals surface area contributed by atoms with Crippen molar-refractivity contribution in [1.82, 2.24) is 0 Å². The molecule has 0 heterocycles. The smallest absolute Gasteiger partial charge is 0.249 e. The predicted octanol–water partition coefficient (Wildman–Crippen LogP) is 1.44. The molecule has 0 amide bonds. The molecule has 2 N–H and O–H groups in total. The molecule has 86 valence electrons. The summed E-state index contributed by atoms with van der Waals surface area (Å²) in [5.74, 6) is -0.168. The van der Waals surface area contributed by atoms with Gasteiger partial charge in [0.15, 0.2) is 5.25 Å². The van der Waals surface area contributed by atoms with Crippen LogP contribution in [0.1, 0.15) is 13.3 Å². The van der Waals surface area contributed by atoms with E-state index in [4.69, 9.17) is 5.26 Å². The third kappa shape index (κ3) is 2.64. The summed E-state index contributed by atoms with van der Waals surface area (Å²) in [5.41, 5.74) is 0.0798. The Morgan fingerprint density at radius 2 is 2.12 bits per heavy atom. The Balaban J connectivity index is 2.99. The highest BCUT2D eigenvalue weighted by molar-refractivity contribution is 7.93. The minimum atomic E-state index is -3.77. The molecule has 0 aliphatic carbocycles. The molecule has 5 nitrogen and oxygen atoms in total. The Hall–Kier alpha value is -1.74. The topological polar surface area (TPSA) is 90.2 Å². The molecule has 1 aromatic carbocycles. The number of anilines is 1. The molecule has 6 heteroatoms. The number of phenolic OH excluding ortho intramolecular Hbond substituents is 1. The molecule has 0 fully saturated rings. The molecule has 0 bridgehead atoms. The summed E-state index contributed by atoms with van der Waals surface area (Å²) in [6.07, 6.45) is 0.194. The number of hydrogen-bond donors (Lipinski definition) is 2. The fourth-order valence-corrected chi connectivity index (χ4v) is 2.36. The standard InChI is InChI=1S/C10H12N2O3S/c1-2-8(7-11)16(14,15)12-9-5-3-4-6-10(9)13/h3-6,8,12-13H,2H2,1H3. The van der Waals surface area contributed by atoms with E-state index in [0.717, 1.165) is 0 Å². The summed E-state index contributed by atoms with van der Waals surface area (Å²) >= 11 is 0. The average Bonchev–Trinajstić information content (AvgIpc) is 2.22. The van der Waals surface area contributed by atoms with Crippen molar-refractivity contribution in [2.24, 2.45) is 0 Å². The molecule has 1 atom stereocenters. The van der Waals surface area contributed by atoms with Crippen LogP contribution in [0.4, 0.5) is 5.69 Å². The van der Waals surface area contributed by atoms with Crippen LogP contribution in [-0.2, 0) is 10.0 Å². The van der Waals surface area contributed by atoms with Gasteiger partial charge in [-0.15, -0.1) is 0 Å². The Labute approximate surface area is 94.4 Å². The maximum atomic E-state index is 11.7. The number of nitrogens with one attached hydrogen (secondary N) is 1. The second-order valence-corrected chi connectivity index (χ2v) is 5.05. The predicted molar refractivity (Wildman–Crippen MR) is 60.3 cm³/mol. The Bertz CT molecular complexity index is 505. The van der Waals surface area contributed by atoms with Crippen LogP contribution in [0.25, 0.3) is 0 Å². The molecule has 0 aromatic heterocycles. The lowest BCUT2D eigenvalue weighted by molar-refractivity contribution is 0.477. The second kappa shape index (κ2) is 4.86. The molecule has 0 radical (unpaired) electrons. The number of hydrogen-bond acceptors (Lipinski definition) is 4. The van der Waals surface area contributed by atoms with Gasteiger partial charge in [-0.3, -0.25) is 4.72 Å². The summed E-state index contributed by atoms with van der Waals surface area (Å²) < 4.78 is 25.5. The van der Waals surface area contributed by atoms with Gasteiger partial charge in [0.2, 0.25) is 10.0 Å². The van der Waals surface area contributed by atoms with Crippen LogP contribution in [0, 0.1) is 11.3 Å². The highest BCUT2D eigenvalue weighted by Gasteiger charge is 2.23. The monoisotopic (exact) mass is 240 g/mol. The summed E-state index contributed by atoms with van der Waals surface area (Å²) in [5, 5.41) is 17.0. The van der Waals surface area contributed by atoms with Gasteiger partial charge in [-0.25, -0.2) is 8.42 Å². The van der Waals surface area contributed by atoms with Crippen molar-refractivity contribution in [3.8, 4) is 11.8 Å². The van der Waals surface area contributed by atoms with Gasteiger partial charge in [-0.05, 0) is 18.6 Å². The number of para-hydroxylation sites is 2. The van der Waals surface area contributed by atoms with Gasteiger partial charge in [-0.1, -0.05) is 19.1 Å². The molecule has 0 saturated carbocycles. The second-order valence-electron chi connectivity index (χ2n) is 3.19. The Kier molecular flexibility index (Phi) is 3.74. The number of phenols is 1. The first kappa shape index (κ1) is 12.3. The first-order valence-electron chi connectivity index (χ1n) is 4.70. The summed E-state index contributed by atoms with van der Waals surface area (Å²) in [4.78, 5) is 0. The number of rotatable bonds is 4. The zero-order valence-corrected chi connectivity index (χ0v) is 9.53. The number of aromatic hydroxyl groups is 1. The number of sulfonamides is 1. The SMILES string of the molecule is CCC(C#N)S(=O)(=O)Nc1ccccc1O. The van der Waals surface area contributed by atoms with Gasteiger partial charge >= 0.3 is 0 Å². The quantitative estimate of drug-likeness (QED) is 0.779. The van der Waals surface area contributed by atoms with E-state index in [2.05, 4.69) is 4.72 Å². The van der Waals surface area contributed by atoms with Gasteiger partial charge in [-0.2, -0.15) is 5.26 Å². The summed E-state index contributed by atoms with van der Waals surface area (Å²) in [6, 6.07) is 7.66. The molecular weight excluding hydrogens is 228 g/mol. The minimum Gasteiger partial charge on any atom is -0.506 e. The molecule has 0 saturated heterocycles. The molecule has 1 unspecified atom stereocenters. The Morgan fingerprint density at radius 3 is 2.62 bits per heavy atom. The first-order valence-corrected chi connectivity index (χ1v) is 6.25. The van der Waals surface area contributed by atoms with E-state index in [1.165, 1.54) is 12.1 Å². The molecule has 1 rings (SSSR count). The van der Waals surface area contributed by atoms with Crippen molar-refractivity contribution in [2.75, 3.05) is 4.72 Å². The zero-order chi connectivity index (χ0) is 12.2. The van der Waals surface area contributed by atoms with Gasteiger partial charge < -0.3 is 5.11 Å². The molecular formula is C10H12N2O3S. The Morgan fingerprint density at radius 1 is 1.50 bits per heavy atom. The highest BCUT2D eigenvalue weighted by Crippen LogP contribution is 2.23. The lowest BCUT2D eigenvalue weighted by Crippen LogP contribution is -2.25. The fourth-order valence-electron chi connectivity index (χ4n) is 1.16. The van der Waals surface area contributed by atoms with Crippen LogP contribution in [0.2, 0.25) is 0 Å². The van der Waals surface area contributed by atoms with E-state index >= 15 is 0 Å². The summed E-state index contributed by atoms with van der Waals surface area (Å²) in [6.45, 7) is 1.61. The number of nitrogens with zero attached hydrogens (tertiary/aromatic N) is 1. The van der Waals surface area contributed by atoms with Crippen molar-refractivity contribution in [2.45, 2.75) is 18.6 Å². The molecule has 1 aromatic rings. The van der Waals surface area contributed by atoms with E-state index in [-0.39, 0.29) is 17.9 Å². The van der Waals surface area contributed by atoms with Crippen LogP contribution >= 0.6 is 0 Å². The largest absolute Gasteiger partial charge is 0.506 e. The van der Waals surface area contributed by atoms with Crippen molar-refractivity contribution < 1.29 is 13.5 Å². The van der Waals surface area contributed by atoms with E-state index in [1.54, 1.807) is 25.1 Å². The van der Waals surface area contributed by atoms with E-state index < -0.39 is 15.3 Å². The summed E-state index contributed by atoms with van der Waals surface area (Å²) in [7, 11) is -3.77. The maximum absolute atomic E-state index is 11.7. The van der Waals surface area contributed by atoms with Gasteiger partial charge in [0.1, 0.15) is 5.75 Å². The first-order chi connectivity index (χ1) is 7.51. The number of nitriles is 1. The lowest BCUT2D eigenvalue weighted by Gasteiger charge is -2.11. The molecule has 0 spiro atoms. The van der Waals surface area contributed by atoms with Crippen LogP contribution in [0.3, 0.4) is 0 Å². The van der Waals surface area contributed by atoms with Crippen LogP contribution in [0.5, 0.6) is 5.75 Å². The van der Waals surface area contributed by atoms with Gasteiger partial charge in [0, 0.05) is 0 Å². The van der Waals surface area contributed by atoms with Crippen LogP contribution < -0.4 is 4.72 Å². The van der Waals surface area contributed by atoms with Gasteiger partial charge in [0.25, 0.3) is 0 Å². The van der Waals surface area contributed by atoms with Crippen LogP contribution in [-0.4, -0.2) is 18.8 Å². The van der Waals surface area contributed by atoms with E-state index in [9.17, 15) is 13.5 Å². The zero-order valence-electron chi connectivity index (χ0n) is 8.71. The maximum Gasteiger partial charge on any atom is 0.249 e. The van der Waals surface area contributed by atoms with Crippen LogP contribution in [0.15, 0.2) is 24.3 Å². The molecule has 0 aliphatic rings. The van der Waals surface area contributed by atoms with Crippen molar-refractivity contribution in [3.05, 3.63) is 24.3 Å². The molecule has 0 aliphatic heterocycles.